The van der Waals surface area contributed by atoms with Crippen molar-refractivity contribution >= 4 is 27.5 Å². The molecule has 2 aromatic carbocycles. The first-order chi connectivity index (χ1) is 9.43. The van der Waals surface area contributed by atoms with Gasteiger partial charge in [-0.15, -0.1) is 0 Å². The van der Waals surface area contributed by atoms with Gasteiger partial charge in [-0.3, -0.25) is 0 Å². The van der Waals surface area contributed by atoms with Gasteiger partial charge in [-0.1, -0.05) is 33.6 Å². The van der Waals surface area contributed by atoms with E-state index in [1.807, 2.05) is 18.2 Å². The number of benzene rings is 2. The second-order valence-corrected chi connectivity index (χ2v) is 5.81. The van der Waals surface area contributed by atoms with E-state index in [9.17, 15) is 4.39 Å². The van der Waals surface area contributed by atoms with Crippen LogP contribution in [0.4, 0.5) is 4.39 Å². The molecule has 0 aromatic heterocycles. The van der Waals surface area contributed by atoms with Gasteiger partial charge in [0, 0.05) is 15.1 Å². The Hall–Kier alpha value is -1.10. The zero-order valence-electron chi connectivity index (χ0n) is 11.1. The van der Waals surface area contributed by atoms with Crippen LogP contribution in [0.3, 0.4) is 0 Å². The Morgan fingerprint density at radius 1 is 1.25 bits per heavy atom. The van der Waals surface area contributed by atoms with Crippen molar-refractivity contribution in [3.8, 4) is 5.75 Å². The van der Waals surface area contributed by atoms with Gasteiger partial charge in [-0.05, 0) is 42.3 Å². The van der Waals surface area contributed by atoms with Crippen LogP contribution in [-0.2, 0) is 0 Å². The Kier molecular flexibility index (Phi) is 4.68. The van der Waals surface area contributed by atoms with Crippen molar-refractivity contribution in [3.05, 3.63) is 62.3 Å². The average Bonchev–Trinajstić information content (AvgIpc) is 2.42. The average molecular weight is 359 g/mol. The van der Waals surface area contributed by atoms with Gasteiger partial charge in [0.1, 0.15) is 11.6 Å². The van der Waals surface area contributed by atoms with E-state index in [2.05, 4.69) is 15.9 Å². The van der Waals surface area contributed by atoms with E-state index >= 15 is 0 Å². The summed E-state index contributed by atoms with van der Waals surface area (Å²) in [7, 11) is 1.58. The minimum absolute atomic E-state index is 0.311. The van der Waals surface area contributed by atoms with Crippen molar-refractivity contribution < 1.29 is 9.13 Å². The van der Waals surface area contributed by atoms with Crippen LogP contribution < -0.4 is 10.5 Å². The summed E-state index contributed by atoms with van der Waals surface area (Å²) >= 11 is 9.48. The molecular weight excluding hydrogens is 345 g/mol. The highest BCUT2D eigenvalue weighted by molar-refractivity contribution is 9.10. The molecule has 0 saturated carbocycles. The van der Waals surface area contributed by atoms with Crippen LogP contribution in [0.25, 0.3) is 0 Å². The standard InChI is InChI=1S/C15H14BrClFNO/c1-8-5-11(12(17)7-13(8)18)15(19)10-4-3-9(16)6-14(10)20-2/h3-7,15H,19H2,1-2H3. The summed E-state index contributed by atoms with van der Waals surface area (Å²) in [4.78, 5) is 0. The highest BCUT2D eigenvalue weighted by Gasteiger charge is 2.18. The lowest BCUT2D eigenvalue weighted by Crippen LogP contribution is -2.14. The van der Waals surface area contributed by atoms with Gasteiger partial charge in [0.15, 0.2) is 0 Å². The van der Waals surface area contributed by atoms with Gasteiger partial charge in [0.05, 0.1) is 13.2 Å². The molecule has 0 saturated heterocycles. The number of halogens is 3. The predicted molar refractivity (Wildman–Crippen MR) is 82.9 cm³/mol. The molecule has 1 atom stereocenters. The number of hydrogen-bond acceptors (Lipinski definition) is 2. The van der Waals surface area contributed by atoms with Crippen molar-refractivity contribution in [2.75, 3.05) is 7.11 Å². The largest absolute Gasteiger partial charge is 0.496 e. The number of hydrogen-bond donors (Lipinski definition) is 1. The fraction of sp³-hybridized carbons (Fsp3) is 0.200. The molecule has 20 heavy (non-hydrogen) atoms. The SMILES string of the molecule is COc1cc(Br)ccc1C(N)c1cc(C)c(F)cc1Cl. The number of aryl methyl sites for hydroxylation is 1. The summed E-state index contributed by atoms with van der Waals surface area (Å²) in [6.45, 7) is 1.68. The molecule has 0 amide bonds. The van der Waals surface area contributed by atoms with Gasteiger partial charge in [-0.2, -0.15) is 0 Å². The monoisotopic (exact) mass is 357 g/mol. The molecule has 5 heteroatoms. The Balaban J connectivity index is 2.51. The lowest BCUT2D eigenvalue weighted by Gasteiger charge is -2.18. The Morgan fingerprint density at radius 2 is 1.95 bits per heavy atom. The minimum atomic E-state index is -0.482. The summed E-state index contributed by atoms with van der Waals surface area (Å²) in [5.74, 6) is 0.318. The van der Waals surface area contributed by atoms with Crippen LogP contribution in [0.15, 0.2) is 34.8 Å². The van der Waals surface area contributed by atoms with E-state index in [1.54, 1.807) is 20.1 Å². The van der Waals surface area contributed by atoms with E-state index in [0.717, 1.165) is 10.0 Å². The smallest absolute Gasteiger partial charge is 0.127 e. The van der Waals surface area contributed by atoms with Gasteiger partial charge in [0.2, 0.25) is 0 Å². The first-order valence-electron chi connectivity index (χ1n) is 5.98. The number of rotatable bonds is 3. The van der Waals surface area contributed by atoms with Crippen molar-refractivity contribution in [1.29, 1.82) is 0 Å². The third kappa shape index (κ3) is 2.97. The van der Waals surface area contributed by atoms with Gasteiger partial charge in [0.25, 0.3) is 0 Å². The van der Waals surface area contributed by atoms with Crippen LogP contribution >= 0.6 is 27.5 Å². The fourth-order valence-electron chi connectivity index (χ4n) is 2.03. The van der Waals surface area contributed by atoms with Crippen molar-refractivity contribution in [3.63, 3.8) is 0 Å². The molecule has 0 radical (unpaired) electrons. The highest BCUT2D eigenvalue weighted by Crippen LogP contribution is 2.34. The van der Waals surface area contributed by atoms with Crippen molar-refractivity contribution in [2.45, 2.75) is 13.0 Å². The molecule has 0 bridgehead atoms. The highest BCUT2D eigenvalue weighted by atomic mass is 79.9. The second-order valence-electron chi connectivity index (χ2n) is 4.49. The molecule has 2 rings (SSSR count). The molecule has 0 heterocycles. The van der Waals surface area contributed by atoms with Crippen LogP contribution in [0, 0.1) is 12.7 Å². The van der Waals surface area contributed by atoms with Crippen LogP contribution in [0.2, 0.25) is 5.02 Å². The summed E-state index contributed by atoms with van der Waals surface area (Å²) in [6, 6.07) is 8.05. The zero-order chi connectivity index (χ0) is 14.9. The first-order valence-corrected chi connectivity index (χ1v) is 7.15. The summed E-state index contributed by atoms with van der Waals surface area (Å²) in [5.41, 5.74) is 8.24. The Labute approximate surface area is 130 Å². The number of ether oxygens (including phenoxy) is 1. The molecule has 1 unspecified atom stereocenters. The lowest BCUT2D eigenvalue weighted by atomic mass is 9.97. The second kappa shape index (κ2) is 6.12. The summed E-state index contributed by atoms with van der Waals surface area (Å²) < 4.78 is 19.7. The van der Waals surface area contributed by atoms with Gasteiger partial charge >= 0.3 is 0 Å². The molecule has 2 N–H and O–H groups in total. The molecule has 0 spiro atoms. The zero-order valence-corrected chi connectivity index (χ0v) is 13.4. The summed E-state index contributed by atoms with van der Waals surface area (Å²) in [6.07, 6.45) is 0. The topological polar surface area (TPSA) is 35.2 Å². The third-order valence-electron chi connectivity index (χ3n) is 3.14. The van der Waals surface area contributed by atoms with Gasteiger partial charge < -0.3 is 10.5 Å². The summed E-state index contributed by atoms with van der Waals surface area (Å²) in [5, 5.41) is 0.311. The number of methoxy groups -OCH3 is 1. The molecular formula is C15H14BrClFNO. The van der Waals surface area contributed by atoms with Gasteiger partial charge in [-0.25, -0.2) is 4.39 Å². The number of nitrogens with two attached hydrogens (primary N) is 1. The fourth-order valence-corrected chi connectivity index (χ4v) is 2.64. The molecule has 106 valence electrons. The third-order valence-corrected chi connectivity index (χ3v) is 3.96. The molecule has 0 aliphatic rings. The molecule has 2 nitrogen and oxygen atoms in total. The Bertz CT molecular complexity index is 648. The van der Waals surface area contributed by atoms with Crippen LogP contribution in [0.5, 0.6) is 5.75 Å². The quantitative estimate of drug-likeness (QED) is 0.870. The molecule has 0 aliphatic heterocycles. The lowest BCUT2D eigenvalue weighted by molar-refractivity contribution is 0.407. The molecule has 2 aromatic rings. The predicted octanol–water partition coefficient (Wildman–Crippen LogP) is 4.61. The van der Waals surface area contributed by atoms with Crippen LogP contribution in [-0.4, -0.2) is 7.11 Å². The van der Waals surface area contributed by atoms with E-state index in [1.165, 1.54) is 6.07 Å². The maximum Gasteiger partial charge on any atom is 0.127 e. The molecule has 0 aliphatic carbocycles. The van der Waals surface area contributed by atoms with E-state index < -0.39 is 6.04 Å². The van der Waals surface area contributed by atoms with E-state index in [4.69, 9.17) is 22.1 Å². The van der Waals surface area contributed by atoms with E-state index in [-0.39, 0.29) is 5.82 Å². The minimum Gasteiger partial charge on any atom is -0.496 e. The van der Waals surface area contributed by atoms with E-state index in [0.29, 0.717) is 21.9 Å². The molecule has 0 fully saturated rings. The maximum atomic E-state index is 13.5. The van der Waals surface area contributed by atoms with Crippen LogP contribution in [0.1, 0.15) is 22.7 Å². The van der Waals surface area contributed by atoms with Crippen molar-refractivity contribution in [1.82, 2.24) is 0 Å². The normalized spacial score (nSPS) is 12.3. The maximum absolute atomic E-state index is 13.5. The Morgan fingerprint density at radius 3 is 2.60 bits per heavy atom. The first kappa shape index (κ1) is 15.3. The van der Waals surface area contributed by atoms with Crippen molar-refractivity contribution in [2.24, 2.45) is 5.73 Å².